The molecule has 0 bridgehead atoms. The standard InChI is InChI=1S/C17H20N6S/c1-2-15-13(10-20-23(15)4-1)11-21-5-7-22(8-6-21)17-16-14(3-9-24-16)18-12-19-17/h3,9-10,12H,1-2,4-8,11H2. The predicted octanol–water partition coefficient (Wildman–Crippen LogP) is 2.16. The number of anilines is 1. The maximum absolute atomic E-state index is 4.54. The quantitative estimate of drug-likeness (QED) is 0.731. The van der Waals surface area contributed by atoms with Crippen LogP contribution in [0.5, 0.6) is 0 Å². The van der Waals surface area contributed by atoms with E-state index in [0.29, 0.717) is 0 Å². The minimum atomic E-state index is 1.02. The van der Waals surface area contributed by atoms with E-state index < -0.39 is 0 Å². The van der Waals surface area contributed by atoms with Crippen LogP contribution < -0.4 is 4.90 Å². The third-order valence-corrected chi connectivity index (χ3v) is 6.01. The Morgan fingerprint density at radius 3 is 2.92 bits per heavy atom. The first-order valence-corrected chi connectivity index (χ1v) is 9.45. The van der Waals surface area contributed by atoms with Crippen LogP contribution in [0.15, 0.2) is 24.0 Å². The van der Waals surface area contributed by atoms with Crippen LogP contribution in [-0.4, -0.2) is 50.8 Å². The first kappa shape index (κ1) is 14.4. The molecule has 124 valence electrons. The van der Waals surface area contributed by atoms with Crippen LogP contribution in [0.1, 0.15) is 17.7 Å². The van der Waals surface area contributed by atoms with E-state index in [9.17, 15) is 0 Å². The molecule has 1 saturated heterocycles. The van der Waals surface area contributed by atoms with Crippen molar-refractivity contribution in [3.63, 3.8) is 0 Å². The topological polar surface area (TPSA) is 50.1 Å². The molecular formula is C17H20N6S. The lowest BCUT2D eigenvalue weighted by Gasteiger charge is -2.35. The third-order valence-electron chi connectivity index (χ3n) is 5.11. The first-order valence-electron chi connectivity index (χ1n) is 8.57. The van der Waals surface area contributed by atoms with E-state index in [4.69, 9.17) is 0 Å². The molecule has 0 unspecified atom stereocenters. The molecule has 0 spiro atoms. The van der Waals surface area contributed by atoms with E-state index in [0.717, 1.165) is 50.6 Å². The maximum atomic E-state index is 4.54. The fourth-order valence-corrected chi connectivity index (χ4v) is 4.68. The van der Waals surface area contributed by atoms with Gasteiger partial charge in [0.05, 0.1) is 16.4 Å². The van der Waals surface area contributed by atoms with Gasteiger partial charge in [-0.05, 0) is 24.3 Å². The second-order valence-electron chi connectivity index (χ2n) is 6.54. The summed E-state index contributed by atoms with van der Waals surface area (Å²) in [6.45, 7) is 6.30. The summed E-state index contributed by atoms with van der Waals surface area (Å²) in [6, 6.07) is 2.07. The van der Waals surface area contributed by atoms with Gasteiger partial charge in [0, 0.05) is 50.5 Å². The molecule has 7 heteroatoms. The Morgan fingerprint density at radius 1 is 1.08 bits per heavy atom. The molecule has 1 fully saturated rings. The van der Waals surface area contributed by atoms with Gasteiger partial charge in [0.2, 0.25) is 0 Å². The van der Waals surface area contributed by atoms with Crippen molar-refractivity contribution in [1.82, 2.24) is 24.6 Å². The average molecular weight is 340 g/mol. The Morgan fingerprint density at radius 2 is 2.00 bits per heavy atom. The van der Waals surface area contributed by atoms with E-state index in [1.165, 1.54) is 28.8 Å². The van der Waals surface area contributed by atoms with Gasteiger partial charge in [-0.15, -0.1) is 11.3 Å². The second-order valence-corrected chi connectivity index (χ2v) is 7.45. The molecule has 2 aliphatic rings. The van der Waals surface area contributed by atoms with Crippen LogP contribution in [0.3, 0.4) is 0 Å². The predicted molar refractivity (Wildman–Crippen MR) is 95.5 cm³/mol. The molecule has 6 nitrogen and oxygen atoms in total. The van der Waals surface area contributed by atoms with Crippen LogP contribution in [0.4, 0.5) is 5.82 Å². The van der Waals surface area contributed by atoms with Gasteiger partial charge in [0.1, 0.15) is 12.1 Å². The van der Waals surface area contributed by atoms with Gasteiger partial charge in [-0.1, -0.05) is 0 Å². The lowest BCUT2D eigenvalue weighted by Crippen LogP contribution is -2.46. The summed E-state index contributed by atoms with van der Waals surface area (Å²) in [5.41, 5.74) is 3.93. The van der Waals surface area contributed by atoms with Crippen molar-refractivity contribution in [2.75, 3.05) is 31.1 Å². The van der Waals surface area contributed by atoms with Crippen LogP contribution in [0, 0.1) is 0 Å². The summed E-state index contributed by atoms with van der Waals surface area (Å²) in [5, 5.41) is 6.61. The number of aryl methyl sites for hydroxylation is 1. The molecule has 0 atom stereocenters. The highest BCUT2D eigenvalue weighted by atomic mass is 32.1. The molecule has 24 heavy (non-hydrogen) atoms. The summed E-state index contributed by atoms with van der Waals surface area (Å²) in [6.07, 6.45) is 6.19. The zero-order chi connectivity index (χ0) is 15.9. The van der Waals surface area contributed by atoms with Crippen LogP contribution in [0.25, 0.3) is 10.2 Å². The van der Waals surface area contributed by atoms with Crippen LogP contribution in [-0.2, 0) is 19.5 Å². The zero-order valence-electron chi connectivity index (χ0n) is 13.6. The molecule has 0 radical (unpaired) electrons. The highest BCUT2D eigenvalue weighted by Crippen LogP contribution is 2.28. The van der Waals surface area contributed by atoms with Gasteiger partial charge < -0.3 is 4.90 Å². The molecule has 3 aromatic rings. The first-order chi connectivity index (χ1) is 11.9. The molecule has 0 N–H and O–H groups in total. The number of hydrogen-bond acceptors (Lipinski definition) is 6. The normalized spacial score (nSPS) is 18.4. The SMILES string of the molecule is c1nc(N2CCN(Cc3cnn4c3CCC4)CC2)c2sccc2n1. The van der Waals surface area contributed by atoms with Gasteiger partial charge in [-0.3, -0.25) is 9.58 Å². The molecule has 0 amide bonds. The van der Waals surface area contributed by atoms with Crippen molar-refractivity contribution in [3.8, 4) is 0 Å². The molecule has 5 rings (SSSR count). The number of aromatic nitrogens is 4. The molecule has 0 aliphatic carbocycles. The van der Waals surface area contributed by atoms with Gasteiger partial charge in [0.25, 0.3) is 0 Å². The number of hydrogen-bond donors (Lipinski definition) is 0. The Bertz CT molecular complexity index is 861. The highest BCUT2D eigenvalue weighted by Gasteiger charge is 2.23. The molecule has 5 heterocycles. The number of thiophene rings is 1. The molecule has 0 saturated carbocycles. The fourth-order valence-electron chi connectivity index (χ4n) is 3.82. The molecule has 3 aromatic heterocycles. The van der Waals surface area contributed by atoms with Gasteiger partial charge in [-0.25, -0.2) is 9.97 Å². The van der Waals surface area contributed by atoms with Crippen molar-refractivity contribution in [1.29, 1.82) is 0 Å². The minimum absolute atomic E-state index is 1.02. The zero-order valence-corrected chi connectivity index (χ0v) is 14.4. The van der Waals surface area contributed by atoms with E-state index in [1.807, 2.05) is 0 Å². The number of nitrogens with zero attached hydrogens (tertiary/aromatic N) is 6. The summed E-state index contributed by atoms with van der Waals surface area (Å²) in [5.74, 6) is 1.10. The van der Waals surface area contributed by atoms with E-state index in [1.54, 1.807) is 17.7 Å². The second kappa shape index (κ2) is 5.82. The molecule has 0 aromatic carbocycles. The molecule has 2 aliphatic heterocycles. The van der Waals surface area contributed by atoms with Crippen molar-refractivity contribution < 1.29 is 0 Å². The minimum Gasteiger partial charge on any atom is -0.353 e. The van der Waals surface area contributed by atoms with E-state index in [-0.39, 0.29) is 0 Å². The molecular weight excluding hydrogens is 320 g/mol. The number of piperazine rings is 1. The van der Waals surface area contributed by atoms with Crippen molar-refractivity contribution in [2.45, 2.75) is 25.9 Å². The third kappa shape index (κ3) is 2.39. The Hall–Kier alpha value is -1.99. The number of fused-ring (bicyclic) bond motifs is 2. The van der Waals surface area contributed by atoms with Gasteiger partial charge in [0.15, 0.2) is 0 Å². The Balaban J connectivity index is 1.28. The van der Waals surface area contributed by atoms with Crippen molar-refractivity contribution >= 4 is 27.4 Å². The van der Waals surface area contributed by atoms with Crippen molar-refractivity contribution in [2.24, 2.45) is 0 Å². The summed E-state index contributed by atoms with van der Waals surface area (Å²) in [4.78, 5) is 13.8. The smallest absolute Gasteiger partial charge is 0.150 e. The summed E-state index contributed by atoms with van der Waals surface area (Å²) >= 11 is 1.73. The van der Waals surface area contributed by atoms with Crippen LogP contribution in [0.2, 0.25) is 0 Å². The monoisotopic (exact) mass is 340 g/mol. The highest BCUT2D eigenvalue weighted by molar-refractivity contribution is 7.17. The maximum Gasteiger partial charge on any atom is 0.150 e. The Kier molecular flexibility index (Phi) is 3.48. The lowest BCUT2D eigenvalue weighted by atomic mass is 10.1. The lowest BCUT2D eigenvalue weighted by molar-refractivity contribution is 0.249. The van der Waals surface area contributed by atoms with Crippen molar-refractivity contribution in [3.05, 3.63) is 35.2 Å². The largest absolute Gasteiger partial charge is 0.353 e. The van der Waals surface area contributed by atoms with Crippen LogP contribution >= 0.6 is 11.3 Å². The summed E-state index contributed by atoms with van der Waals surface area (Å²) in [7, 11) is 0. The van der Waals surface area contributed by atoms with E-state index in [2.05, 4.69) is 47.2 Å². The fraction of sp³-hybridized carbons (Fsp3) is 0.471. The summed E-state index contributed by atoms with van der Waals surface area (Å²) < 4.78 is 3.39. The van der Waals surface area contributed by atoms with Gasteiger partial charge >= 0.3 is 0 Å². The number of rotatable bonds is 3. The average Bonchev–Trinajstić information content (AvgIpc) is 3.33. The van der Waals surface area contributed by atoms with Gasteiger partial charge in [-0.2, -0.15) is 5.10 Å². The van der Waals surface area contributed by atoms with E-state index >= 15 is 0 Å². The Labute approximate surface area is 144 Å².